The molecule has 204 valence electrons. The Labute approximate surface area is 228 Å². The lowest BCUT2D eigenvalue weighted by Crippen LogP contribution is -2.39. The van der Waals surface area contributed by atoms with E-state index < -0.39 is 5.60 Å². The van der Waals surface area contributed by atoms with E-state index in [2.05, 4.69) is 73.1 Å². The maximum absolute atomic E-state index is 12.4. The van der Waals surface area contributed by atoms with Gasteiger partial charge in [0.25, 0.3) is 0 Å². The molecule has 5 rings (SSSR count). The fraction of sp³-hybridized carbons (Fsp3) is 0.379. The predicted molar refractivity (Wildman–Crippen MR) is 154 cm³/mol. The summed E-state index contributed by atoms with van der Waals surface area (Å²) in [6.07, 6.45) is 7.93. The summed E-state index contributed by atoms with van der Waals surface area (Å²) >= 11 is 0. The summed E-state index contributed by atoms with van der Waals surface area (Å²) in [4.78, 5) is 33.3. The molecule has 0 spiro atoms. The number of fused-ring (bicyclic) bond motifs is 1. The molecule has 1 amide bonds. The number of hydrogen-bond acceptors (Lipinski definition) is 7. The summed E-state index contributed by atoms with van der Waals surface area (Å²) in [7, 11) is 4.14. The number of H-pyrrole nitrogens is 1. The van der Waals surface area contributed by atoms with Crippen molar-refractivity contribution in [2.75, 3.05) is 39.0 Å². The molecule has 3 aromatic heterocycles. The molecule has 0 atom stereocenters. The number of rotatable bonds is 7. The van der Waals surface area contributed by atoms with Crippen LogP contribution in [0.4, 0.5) is 16.3 Å². The lowest BCUT2D eigenvalue weighted by Gasteiger charge is -2.29. The Morgan fingerprint density at radius 1 is 1.18 bits per heavy atom. The molecule has 10 heteroatoms. The van der Waals surface area contributed by atoms with Crippen LogP contribution in [0.25, 0.3) is 28.0 Å². The molecule has 0 radical (unpaired) electrons. The van der Waals surface area contributed by atoms with Gasteiger partial charge in [-0.25, -0.2) is 19.7 Å². The molecular formula is C29H36N8O2. The first kappa shape index (κ1) is 26.4. The van der Waals surface area contributed by atoms with Crippen molar-refractivity contribution < 1.29 is 9.53 Å². The van der Waals surface area contributed by atoms with Gasteiger partial charge in [0.2, 0.25) is 0 Å². The van der Waals surface area contributed by atoms with Crippen molar-refractivity contribution in [3.63, 3.8) is 0 Å². The molecule has 2 N–H and O–H groups in total. The SMILES string of the molecule is CN(C)CCn1ccnc1-c1cccc(Nc2ncnc3[nH]c(C4=CCN(C(=O)OC(C)(C)C)CC4)cc23)c1. The quantitative estimate of drug-likeness (QED) is 0.342. The number of anilines is 2. The van der Waals surface area contributed by atoms with E-state index in [0.717, 1.165) is 64.7 Å². The van der Waals surface area contributed by atoms with Crippen LogP contribution in [0.5, 0.6) is 0 Å². The molecule has 4 aromatic rings. The van der Waals surface area contributed by atoms with Gasteiger partial charge in [0.1, 0.15) is 29.2 Å². The highest BCUT2D eigenvalue weighted by Gasteiger charge is 2.24. The molecule has 0 aliphatic carbocycles. The van der Waals surface area contributed by atoms with Gasteiger partial charge in [-0.1, -0.05) is 18.2 Å². The number of likely N-dealkylation sites (N-methyl/N-ethyl adjacent to an activating group) is 1. The highest BCUT2D eigenvalue weighted by atomic mass is 16.6. The predicted octanol–water partition coefficient (Wildman–Crippen LogP) is 5.15. The molecule has 0 saturated heterocycles. The van der Waals surface area contributed by atoms with E-state index in [4.69, 9.17) is 4.74 Å². The second-order valence-electron chi connectivity index (χ2n) is 11.0. The number of imidazole rings is 1. The van der Waals surface area contributed by atoms with Gasteiger partial charge in [0.15, 0.2) is 0 Å². The van der Waals surface area contributed by atoms with Gasteiger partial charge in [-0.05, 0) is 65.1 Å². The zero-order valence-electron chi connectivity index (χ0n) is 23.2. The molecule has 4 heterocycles. The second-order valence-corrected chi connectivity index (χ2v) is 11.0. The van der Waals surface area contributed by atoms with Crippen molar-refractivity contribution in [3.8, 4) is 11.4 Å². The minimum Gasteiger partial charge on any atom is -0.444 e. The third-order valence-corrected chi connectivity index (χ3v) is 6.52. The van der Waals surface area contributed by atoms with Crippen LogP contribution in [0.2, 0.25) is 0 Å². The molecule has 0 saturated carbocycles. The Morgan fingerprint density at radius 3 is 2.77 bits per heavy atom. The smallest absolute Gasteiger partial charge is 0.410 e. The van der Waals surface area contributed by atoms with Crippen LogP contribution in [0, 0.1) is 0 Å². The number of carbonyl (C=O) groups excluding carboxylic acids is 1. The van der Waals surface area contributed by atoms with Crippen molar-refractivity contribution in [3.05, 3.63) is 60.8 Å². The molecule has 0 unspecified atom stereocenters. The van der Waals surface area contributed by atoms with Crippen LogP contribution in [0.1, 0.15) is 32.9 Å². The molecule has 1 aliphatic heterocycles. The number of nitrogens with zero attached hydrogens (tertiary/aromatic N) is 6. The molecule has 1 aromatic carbocycles. The van der Waals surface area contributed by atoms with Crippen molar-refractivity contribution in [2.45, 2.75) is 39.3 Å². The normalized spacial score (nSPS) is 14.1. The second kappa shape index (κ2) is 10.9. The van der Waals surface area contributed by atoms with Crippen molar-refractivity contribution in [1.29, 1.82) is 0 Å². The number of benzene rings is 1. The number of carbonyl (C=O) groups is 1. The van der Waals surface area contributed by atoms with E-state index in [1.165, 1.54) is 0 Å². The van der Waals surface area contributed by atoms with E-state index in [-0.39, 0.29) is 6.09 Å². The van der Waals surface area contributed by atoms with E-state index in [0.29, 0.717) is 13.1 Å². The number of ether oxygens (including phenoxy) is 1. The highest BCUT2D eigenvalue weighted by molar-refractivity contribution is 5.92. The Balaban J connectivity index is 1.34. The van der Waals surface area contributed by atoms with Crippen LogP contribution in [0.3, 0.4) is 0 Å². The summed E-state index contributed by atoms with van der Waals surface area (Å²) in [6, 6.07) is 10.3. The van der Waals surface area contributed by atoms with Gasteiger partial charge in [0.05, 0.1) is 5.39 Å². The third kappa shape index (κ3) is 6.28. The van der Waals surface area contributed by atoms with Crippen molar-refractivity contribution in [1.82, 2.24) is 34.3 Å². The van der Waals surface area contributed by atoms with Gasteiger partial charge >= 0.3 is 6.09 Å². The lowest BCUT2D eigenvalue weighted by molar-refractivity contribution is 0.0270. The number of aromatic nitrogens is 5. The zero-order valence-corrected chi connectivity index (χ0v) is 23.2. The van der Waals surface area contributed by atoms with Crippen LogP contribution < -0.4 is 5.32 Å². The number of hydrogen-bond donors (Lipinski definition) is 2. The summed E-state index contributed by atoms with van der Waals surface area (Å²) in [5.74, 6) is 1.66. The van der Waals surface area contributed by atoms with Crippen LogP contribution in [0.15, 0.2) is 55.1 Å². The lowest BCUT2D eigenvalue weighted by atomic mass is 10.1. The fourth-order valence-electron chi connectivity index (χ4n) is 4.55. The van der Waals surface area contributed by atoms with Gasteiger partial charge < -0.3 is 29.4 Å². The van der Waals surface area contributed by atoms with Gasteiger partial charge in [0, 0.05) is 55.5 Å². The van der Waals surface area contributed by atoms with E-state index >= 15 is 0 Å². The molecular weight excluding hydrogens is 492 g/mol. The molecule has 1 aliphatic rings. The Bertz CT molecular complexity index is 1490. The Hall–Kier alpha value is -4.18. The Morgan fingerprint density at radius 2 is 2.03 bits per heavy atom. The van der Waals surface area contributed by atoms with Crippen LogP contribution in [-0.2, 0) is 11.3 Å². The summed E-state index contributed by atoms with van der Waals surface area (Å²) < 4.78 is 7.68. The van der Waals surface area contributed by atoms with Crippen molar-refractivity contribution in [2.24, 2.45) is 0 Å². The number of amides is 1. The zero-order chi connectivity index (χ0) is 27.6. The monoisotopic (exact) mass is 528 g/mol. The average molecular weight is 529 g/mol. The van der Waals surface area contributed by atoms with E-state index in [9.17, 15) is 4.79 Å². The first-order chi connectivity index (χ1) is 18.7. The summed E-state index contributed by atoms with van der Waals surface area (Å²) in [6.45, 7) is 8.55. The highest BCUT2D eigenvalue weighted by Crippen LogP contribution is 2.30. The van der Waals surface area contributed by atoms with Crippen LogP contribution >= 0.6 is 0 Å². The summed E-state index contributed by atoms with van der Waals surface area (Å²) in [5, 5.41) is 4.38. The average Bonchev–Trinajstić information content (AvgIpc) is 3.55. The Kier molecular flexibility index (Phi) is 7.38. The fourth-order valence-corrected chi connectivity index (χ4v) is 4.55. The first-order valence-corrected chi connectivity index (χ1v) is 13.2. The maximum atomic E-state index is 12.4. The number of nitrogens with one attached hydrogen (secondary N) is 2. The number of aromatic amines is 1. The largest absolute Gasteiger partial charge is 0.444 e. The summed E-state index contributed by atoms with van der Waals surface area (Å²) in [5.41, 5.74) is 4.33. The van der Waals surface area contributed by atoms with Gasteiger partial charge in [-0.3, -0.25) is 0 Å². The van der Waals surface area contributed by atoms with E-state index in [1.54, 1.807) is 11.2 Å². The minimum atomic E-state index is -0.507. The standard InChI is InChI=1S/C29H36N8O2/c1-29(2,3)39-28(38)37-12-9-20(10-13-37)24-18-23-25(31-19-32-26(23)34-24)33-22-8-6-7-21(17-22)27-30-11-14-36(27)16-15-35(4)5/h6-9,11,14,17-19H,10,12-13,15-16H2,1-5H3,(H2,31,32,33,34). The first-order valence-electron chi connectivity index (χ1n) is 13.2. The van der Waals surface area contributed by atoms with Gasteiger partial charge in [-0.2, -0.15) is 0 Å². The van der Waals surface area contributed by atoms with E-state index in [1.807, 2.05) is 45.3 Å². The van der Waals surface area contributed by atoms with Gasteiger partial charge in [-0.15, -0.1) is 0 Å². The van der Waals surface area contributed by atoms with Crippen LogP contribution in [-0.4, -0.2) is 79.7 Å². The third-order valence-electron chi connectivity index (χ3n) is 6.52. The maximum Gasteiger partial charge on any atom is 0.410 e. The minimum absolute atomic E-state index is 0.283. The topological polar surface area (TPSA) is 104 Å². The molecule has 10 nitrogen and oxygen atoms in total. The molecule has 0 bridgehead atoms. The molecule has 39 heavy (non-hydrogen) atoms. The molecule has 0 fully saturated rings. The van der Waals surface area contributed by atoms with Crippen molar-refractivity contribution >= 4 is 34.2 Å².